The minimum absolute atomic E-state index is 0.299. The second kappa shape index (κ2) is 5.51. The van der Waals surface area contributed by atoms with Crippen molar-refractivity contribution < 1.29 is 4.79 Å². The largest absolute Gasteiger partial charge is 0.300 e. The molecule has 0 aromatic heterocycles. The fraction of sp³-hybridized carbons (Fsp3) is 0.471. The Morgan fingerprint density at radius 2 is 2.22 bits per heavy atom. The van der Waals surface area contributed by atoms with Gasteiger partial charge in [0.15, 0.2) is 0 Å². The molecule has 0 radical (unpaired) electrons. The molecule has 0 saturated carbocycles. The molecule has 1 nitrogen and oxygen atoms in total. The monoisotopic (exact) mass is 242 g/mol. The predicted octanol–water partition coefficient (Wildman–Crippen LogP) is 4.33. The number of allylic oxidation sites excluding steroid dienone is 1. The molecule has 0 N–H and O–H groups in total. The van der Waals surface area contributed by atoms with E-state index in [4.69, 9.17) is 0 Å². The van der Waals surface area contributed by atoms with Crippen LogP contribution in [0.3, 0.4) is 0 Å². The number of aryl methyl sites for hydroxylation is 2. The number of hydrogen-bond donors (Lipinski definition) is 0. The van der Waals surface area contributed by atoms with E-state index in [0.717, 1.165) is 19.3 Å². The maximum absolute atomic E-state index is 11.0. The lowest BCUT2D eigenvalue weighted by molar-refractivity contribution is -0.117. The molecular weight excluding hydrogens is 220 g/mol. The van der Waals surface area contributed by atoms with Gasteiger partial charge in [-0.2, -0.15) is 0 Å². The number of Topliss-reactive ketones (excluding diaryl/α,β-unsaturated/α-hetero) is 1. The Labute approximate surface area is 110 Å². The molecule has 1 atom stereocenters. The molecule has 0 saturated heterocycles. The van der Waals surface area contributed by atoms with Crippen molar-refractivity contribution in [3.8, 4) is 0 Å². The number of fused-ring (bicyclic) bond motifs is 1. The zero-order valence-electron chi connectivity index (χ0n) is 11.5. The van der Waals surface area contributed by atoms with Crippen molar-refractivity contribution in [1.29, 1.82) is 0 Å². The zero-order valence-corrected chi connectivity index (χ0v) is 11.5. The fourth-order valence-corrected chi connectivity index (χ4v) is 2.85. The molecule has 96 valence electrons. The van der Waals surface area contributed by atoms with Crippen LogP contribution in [0, 0.1) is 12.8 Å². The lowest BCUT2D eigenvalue weighted by Crippen LogP contribution is -2.13. The summed E-state index contributed by atoms with van der Waals surface area (Å²) in [6, 6.07) is 6.68. The van der Waals surface area contributed by atoms with E-state index in [0.29, 0.717) is 18.1 Å². The highest BCUT2D eigenvalue weighted by atomic mass is 16.1. The molecule has 0 bridgehead atoms. The van der Waals surface area contributed by atoms with Crippen molar-refractivity contribution in [3.63, 3.8) is 0 Å². The van der Waals surface area contributed by atoms with E-state index < -0.39 is 0 Å². The summed E-state index contributed by atoms with van der Waals surface area (Å²) in [7, 11) is 0. The van der Waals surface area contributed by atoms with Crippen LogP contribution in [0.5, 0.6) is 0 Å². The van der Waals surface area contributed by atoms with E-state index in [2.05, 4.69) is 31.7 Å². The molecule has 1 aromatic carbocycles. The third-order valence-corrected chi connectivity index (χ3v) is 3.95. The first-order chi connectivity index (χ1) is 8.58. The number of rotatable bonds is 4. The molecule has 0 aliphatic heterocycles. The summed E-state index contributed by atoms with van der Waals surface area (Å²) in [6.45, 7) is 8.10. The van der Waals surface area contributed by atoms with Gasteiger partial charge in [0, 0.05) is 6.42 Å². The van der Waals surface area contributed by atoms with E-state index in [1.165, 1.54) is 28.7 Å². The molecule has 0 fully saturated rings. The van der Waals surface area contributed by atoms with Crippen LogP contribution in [0.1, 0.15) is 49.3 Å². The van der Waals surface area contributed by atoms with E-state index >= 15 is 0 Å². The van der Waals surface area contributed by atoms with Crippen molar-refractivity contribution >= 4 is 11.4 Å². The van der Waals surface area contributed by atoms with Crippen molar-refractivity contribution in [1.82, 2.24) is 0 Å². The lowest BCUT2D eigenvalue weighted by atomic mass is 9.77. The maximum Gasteiger partial charge on any atom is 0.129 e. The van der Waals surface area contributed by atoms with E-state index in [1.54, 1.807) is 6.92 Å². The average molecular weight is 242 g/mol. The molecule has 1 aliphatic rings. The van der Waals surface area contributed by atoms with Gasteiger partial charge in [-0.3, -0.25) is 0 Å². The third-order valence-electron chi connectivity index (χ3n) is 3.95. The Morgan fingerprint density at radius 3 is 2.94 bits per heavy atom. The maximum atomic E-state index is 11.0. The lowest BCUT2D eigenvalue weighted by Gasteiger charge is -2.27. The van der Waals surface area contributed by atoms with Crippen molar-refractivity contribution in [2.45, 2.75) is 46.0 Å². The van der Waals surface area contributed by atoms with E-state index in [-0.39, 0.29) is 0 Å². The third kappa shape index (κ3) is 2.90. The topological polar surface area (TPSA) is 17.1 Å². The number of hydrogen-bond acceptors (Lipinski definition) is 1. The first kappa shape index (κ1) is 13.1. The molecule has 1 heteroatoms. The number of ketones is 1. The Bertz CT molecular complexity index is 470. The van der Waals surface area contributed by atoms with Crippen LogP contribution in [-0.4, -0.2) is 5.78 Å². The summed E-state index contributed by atoms with van der Waals surface area (Å²) in [5.41, 5.74) is 5.38. The quantitative estimate of drug-likeness (QED) is 0.768. The molecule has 18 heavy (non-hydrogen) atoms. The Hall–Kier alpha value is -1.37. The van der Waals surface area contributed by atoms with Gasteiger partial charge in [-0.15, -0.1) is 0 Å². The predicted molar refractivity (Wildman–Crippen MR) is 76.6 cm³/mol. The van der Waals surface area contributed by atoms with Crippen LogP contribution in [-0.2, 0) is 11.2 Å². The van der Waals surface area contributed by atoms with Crippen LogP contribution in [0.2, 0.25) is 0 Å². The summed E-state index contributed by atoms with van der Waals surface area (Å²) >= 11 is 0. The van der Waals surface area contributed by atoms with Gasteiger partial charge < -0.3 is 4.79 Å². The number of benzene rings is 1. The van der Waals surface area contributed by atoms with Gasteiger partial charge >= 0.3 is 0 Å². The Balaban J connectivity index is 2.05. The van der Waals surface area contributed by atoms with Crippen LogP contribution in [0.25, 0.3) is 5.57 Å². The van der Waals surface area contributed by atoms with E-state index in [1.807, 2.05) is 0 Å². The average Bonchev–Trinajstić information content (AvgIpc) is 2.32. The van der Waals surface area contributed by atoms with Crippen molar-refractivity contribution in [2.75, 3.05) is 0 Å². The van der Waals surface area contributed by atoms with Crippen LogP contribution >= 0.6 is 0 Å². The molecule has 0 spiro atoms. The molecule has 1 aliphatic carbocycles. The molecule has 0 heterocycles. The SMILES string of the molecule is C=C1c2cc(C)ccc2CCC1CCCC(C)=O. The highest BCUT2D eigenvalue weighted by Crippen LogP contribution is 2.37. The van der Waals surface area contributed by atoms with Crippen molar-refractivity contribution in [2.24, 2.45) is 5.92 Å². The van der Waals surface area contributed by atoms with Gasteiger partial charge in [-0.1, -0.05) is 30.3 Å². The second-order valence-electron chi connectivity index (χ2n) is 5.52. The first-order valence-electron chi connectivity index (χ1n) is 6.86. The zero-order chi connectivity index (χ0) is 13.1. The number of carbonyl (C=O) groups excluding carboxylic acids is 1. The fourth-order valence-electron chi connectivity index (χ4n) is 2.85. The summed E-state index contributed by atoms with van der Waals surface area (Å²) in [5, 5.41) is 0. The summed E-state index contributed by atoms with van der Waals surface area (Å²) in [4.78, 5) is 11.0. The normalized spacial score (nSPS) is 18.6. The van der Waals surface area contributed by atoms with Crippen molar-refractivity contribution in [3.05, 3.63) is 41.5 Å². The van der Waals surface area contributed by atoms with Gasteiger partial charge in [-0.25, -0.2) is 0 Å². The molecule has 0 amide bonds. The van der Waals surface area contributed by atoms with Gasteiger partial charge in [-0.05, 0) is 62.1 Å². The standard InChI is InChI=1S/C17H22O/c1-12-7-8-16-10-9-15(6-4-5-13(2)18)14(3)17(16)11-12/h7-8,11,15H,3-6,9-10H2,1-2H3. The highest BCUT2D eigenvalue weighted by molar-refractivity contribution is 5.75. The molecule has 2 rings (SSSR count). The van der Waals surface area contributed by atoms with Crippen LogP contribution in [0.4, 0.5) is 0 Å². The Kier molecular flexibility index (Phi) is 4.00. The molecule has 1 aromatic rings. The van der Waals surface area contributed by atoms with Gasteiger partial charge in [0.05, 0.1) is 0 Å². The minimum Gasteiger partial charge on any atom is -0.300 e. The second-order valence-corrected chi connectivity index (χ2v) is 5.52. The smallest absolute Gasteiger partial charge is 0.129 e. The highest BCUT2D eigenvalue weighted by Gasteiger charge is 2.22. The summed E-state index contributed by atoms with van der Waals surface area (Å²) in [6.07, 6.45) is 5.16. The van der Waals surface area contributed by atoms with Crippen LogP contribution < -0.4 is 0 Å². The van der Waals surface area contributed by atoms with Gasteiger partial charge in [0.1, 0.15) is 5.78 Å². The van der Waals surface area contributed by atoms with E-state index in [9.17, 15) is 4.79 Å². The minimum atomic E-state index is 0.299. The first-order valence-corrected chi connectivity index (χ1v) is 6.86. The summed E-state index contributed by atoms with van der Waals surface area (Å²) in [5.74, 6) is 0.867. The molecule has 1 unspecified atom stereocenters. The Morgan fingerprint density at radius 1 is 1.44 bits per heavy atom. The number of carbonyl (C=O) groups is 1. The molecular formula is C17H22O. The van der Waals surface area contributed by atoms with Gasteiger partial charge in [0.25, 0.3) is 0 Å². The van der Waals surface area contributed by atoms with Crippen LogP contribution in [0.15, 0.2) is 24.8 Å². The summed E-state index contributed by atoms with van der Waals surface area (Å²) < 4.78 is 0. The van der Waals surface area contributed by atoms with Gasteiger partial charge in [0.2, 0.25) is 0 Å².